The first-order valence-electron chi connectivity index (χ1n) is 6.27. The van der Waals surface area contributed by atoms with Crippen molar-refractivity contribution in [1.82, 2.24) is 0 Å². The van der Waals surface area contributed by atoms with Gasteiger partial charge in [0.05, 0.1) is 0 Å². The molecule has 0 aliphatic heterocycles. The Morgan fingerprint density at radius 1 is 1.14 bits per heavy atom. The maximum atomic E-state index is 11.0. The molecule has 0 aliphatic rings. The number of carboxylic acid groups (broad SMARTS) is 1. The van der Waals surface area contributed by atoms with Crippen molar-refractivity contribution in [3.63, 3.8) is 0 Å². The average molecular weight is 288 g/mol. The SMILES string of the molecule is C=C(C)C(=O)O.C=C(C)C(=O)OCC=Cc1ccccc1. The molecule has 0 fully saturated rings. The minimum absolute atomic E-state index is 0.176. The van der Waals surface area contributed by atoms with E-state index in [0.29, 0.717) is 5.57 Å². The van der Waals surface area contributed by atoms with E-state index in [0.717, 1.165) is 5.56 Å². The number of hydrogen-bond acceptors (Lipinski definition) is 3. The monoisotopic (exact) mass is 288 g/mol. The fourth-order valence-corrected chi connectivity index (χ4v) is 0.995. The molecular weight excluding hydrogens is 268 g/mol. The van der Waals surface area contributed by atoms with Crippen molar-refractivity contribution in [1.29, 1.82) is 0 Å². The van der Waals surface area contributed by atoms with Crippen LogP contribution >= 0.6 is 0 Å². The Balaban J connectivity index is 0.000000567. The lowest BCUT2D eigenvalue weighted by Gasteiger charge is -1.99. The summed E-state index contributed by atoms with van der Waals surface area (Å²) >= 11 is 0. The van der Waals surface area contributed by atoms with Gasteiger partial charge in [0.2, 0.25) is 0 Å². The zero-order chi connectivity index (χ0) is 16.3. The second-order valence-electron chi connectivity index (χ2n) is 4.28. The third kappa shape index (κ3) is 9.90. The van der Waals surface area contributed by atoms with Crippen molar-refractivity contribution in [3.05, 3.63) is 66.3 Å². The maximum Gasteiger partial charge on any atom is 0.333 e. The van der Waals surface area contributed by atoms with Crippen LogP contribution in [0.25, 0.3) is 6.08 Å². The second kappa shape index (κ2) is 10.2. The molecule has 0 radical (unpaired) electrons. The van der Waals surface area contributed by atoms with Gasteiger partial charge in [-0.2, -0.15) is 0 Å². The number of benzene rings is 1. The predicted octanol–water partition coefficient (Wildman–Crippen LogP) is 3.47. The molecule has 1 aromatic rings. The van der Waals surface area contributed by atoms with E-state index in [2.05, 4.69) is 13.2 Å². The van der Waals surface area contributed by atoms with E-state index in [-0.39, 0.29) is 18.1 Å². The Hall–Kier alpha value is -2.62. The first-order chi connectivity index (χ1) is 9.84. The first kappa shape index (κ1) is 18.4. The largest absolute Gasteiger partial charge is 0.478 e. The molecule has 4 heteroatoms. The van der Waals surface area contributed by atoms with Gasteiger partial charge in [0.1, 0.15) is 6.61 Å². The van der Waals surface area contributed by atoms with Gasteiger partial charge in [0, 0.05) is 11.1 Å². The smallest absolute Gasteiger partial charge is 0.333 e. The van der Waals surface area contributed by atoms with E-state index in [1.165, 1.54) is 6.92 Å². The summed E-state index contributed by atoms with van der Waals surface area (Å²) in [4.78, 5) is 20.6. The van der Waals surface area contributed by atoms with Crippen LogP contribution in [0.15, 0.2) is 60.7 Å². The second-order valence-corrected chi connectivity index (χ2v) is 4.28. The van der Waals surface area contributed by atoms with Gasteiger partial charge in [-0.15, -0.1) is 0 Å². The van der Waals surface area contributed by atoms with Crippen molar-refractivity contribution >= 4 is 18.0 Å². The summed E-state index contributed by atoms with van der Waals surface area (Å²) in [6.07, 6.45) is 3.71. The van der Waals surface area contributed by atoms with Crippen LogP contribution in [0.5, 0.6) is 0 Å². The third-order valence-electron chi connectivity index (χ3n) is 2.13. The minimum Gasteiger partial charge on any atom is -0.478 e. The summed E-state index contributed by atoms with van der Waals surface area (Å²) in [5.41, 5.74) is 1.68. The van der Waals surface area contributed by atoms with E-state index < -0.39 is 5.97 Å². The van der Waals surface area contributed by atoms with Crippen molar-refractivity contribution in [2.75, 3.05) is 6.61 Å². The highest BCUT2D eigenvalue weighted by atomic mass is 16.5. The standard InChI is InChI=1S/C13H14O2.C4H6O2/c1-11(2)13(14)15-10-6-9-12-7-4-3-5-8-12;1-3(2)4(5)6/h3-9H,1,10H2,2H3;1H2,2H3,(H,5,6). The Kier molecular flexibility index (Phi) is 8.93. The predicted molar refractivity (Wildman–Crippen MR) is 83.7 cm³/mol. The minimum atomic E-state index is -0.935. The summed E-state index contributed by atoms with van der Waals surface area (Å²) in [5.74, 6) is -1.29. The molecule has 0 heterocycles. The number of aliphatic carboxylic acids is 1. The molecule has 1 rings (SSSR count). The number of hydrogen-bond donors (Lipinski definition) is 1. The van der Waals surface area contributed by atoms with E-state index >= 15 is 0 Å². The zero-order valence-corrected chi connectivity index (χ0v) is 12.3. The number of carboxylic acids is 1. The number of ether oxygens (including phenoxy) is 1. The Morgan fingerprint density at radius 2 is 1.67 bits per heavy atom. The lowest BCUT2D eigenvalue weighted by atomic mass is 10.2. The van der Waals surface area contributed by atoms with Gasteiger partial charge < -0.3 is 9.84 Å². The zero-order valence-electron chi connectivity index (χ0n) is 12.3. The van der Waals surface area contributed by atoms with Crippen LogP contribution in [0.4, 0.5) is 0 Å². The number of carbonyl (C=O) groups excluding carboxylic acids is 1. The molecule has 0 saturated carbocycles. The highest BCUT2D eigenvalue weighted by molar-refractivity contribution is 5.87. The molecule has 0 spiro atoms. The van der Waals surface area contributed by atoms with E-state index in [9.17, 15) is 9.59 Å². The van der Waals surface area contributed by atoms with Gasteiger partial charge in [0.25, 0.3) is 0 Å². The molecule has 0 atom stereocenters. The van der Waals surface area contributed by atoms with E-state index in [1.54, 1.807) is 13.0 Å². The fraction of sp³-hybridized carbons (Fsp3) is 0.176. The fourth-order valence-electron chi connectivity index (χ4n) is 0.995. The molecule has 0 saturated heterocycles. The molecule has 0 unspecified atom stereocenters. The van der Waals surface area contributed by atoms with Gasteiger partial charge >= 0.3 is 11.9 Å². The Labute approximate surface area is 125 Å². The molecule has 21 heavy (non-hydrogen) atoms. The number of rotatable bonds is 5. The van der Waals surface area contributed by atoms with Crippen LogP contribution in [-0.2, 0) is 14.3 Å². The molecule has 0 bridgehead atoms. The topological polar surface area (TPSA) is 63.6 Å². The first-order valence-corrected chi connectivity index (χ1v) is 6.27. The summed E-state index contributed by atoms with van der Waals surface area (Å²) in [5, 5.41) is 7.89. The summed E-state index contributed by atoms with van der Waals surface area (Å²) in [6.45, 7) is 10.0. The van der Waals surface area contributed by atoms with Gasteiger partial charge in [-0.25, -0.2) is 9.59 Å². The highest BCUT2D eigenvalue weighted by Crippen LogP contribution is 2.01. The summed E-state index contributed by atoms with van der Waals surface area (Å²) in [7, 11) is 0. The van der Waals surface area contributed by atoms with Crippen LogP contribution in [0.3, 0.4) is 0 Å². The molecule has 0 aromatic heterocycles. The lowest BCUT2D eigenvalue weighted by Crippen LogP contribution is -2.04. The molecular formula is C17H20O4. The van der Waals surface area contributed by atoms with Gasteiger partial charge in [-0.3, -0.25) is 0 Å². The normalized spacial score (nSPS) is 9.43. The van der Waals surface area contributed by atoms with Crippen LogP contribution in [-0.4, -0.2) is 23.7 Å². The molecule has 4 nitrogen and oxygen atoms in total. The Bertz CT molecular complexity index is 515. The lowest BCUT2D eigenvalue weighted by molar-refractivity contribution is -0.137. The van der Waals surface area contributed by atoms with Crippen molar-refractivity contribution in [3.8, 4) is 0 Å². The molecule has 1 N–H and O–H groups in total. The van der Waals surface area contributed by atoms with Crippen LogP contribution in [0, 0.1) is 0 Å². The number of carbonyl (C=O) groups is 2. The average Bonchev–Trinajstić information content (AvgIpc) is 2.45. The third-order valence-corrected chi connectivity index (χ3v) is 2.13. The number of esters is 1. The van der Waals surface area contributed by atoms with Crippen molar-refractivity contribution in [2.45, 2.75) is 13.8 Å². The molecule has 1 aromatic carbocycles. The van der Waals surface area contributed by atoms with Gasteiger partial charge in [-0.05, 0) is 25.5 Å². The van der Waals surface area contributed by atoms with Crippen LogP contribution < -0.4 is 0 Å². The van der Waals surface area contributed by atoms with Crippen molar-refractivity contribution < 1.29 is 19.4 Å². The molecule has 112 valence electrons. The van der Waals surface area contributed by atoms with Crippen LogP contribution in [0.2, 0.25) is 0 Å². The van der Waals surface area contributed by atoms with Gasteiger partial charge in [-0.1, -0.05) is 49.6 Å². The van der Waals surface area contributed by atoms with E-state index in [1.807, 2.05) is 36.4 Å². The molecule has 0 amide bonds. The highest BCUT2D eigenvalue weighted by Gasteiger charge is 1.99. The van der Waals surface area contributed by atoms with Gasteiger partial charge in [0.15, 0.2) is 0 Å². The molecule has 0 aliphatic carbocycles. The van der Waals surface area contributed by atoms with Crippen molar-refractivity contribution in [2.24, 2.45) is 0 Å². The summed E-state index contributed by atoms with van der Waals surface area (Å²) in [6, 6.07) is 9.84. The summed E-state index contributed by atoms with van der Waals surface area (Å²) < 4.78 is 4.90. The maximum absolute atomic E-state index is 11.0. The quantitative estimate of drug-likeness (QED) is 0.665. The van der Waals surface area contributed by atoms with E-state index in [4.69, 9.17) is 9.84 Å². The van der Waals surface area contributed by atoms with Crippen LogP contribution in [0.1, 0.15) is 19.4 Å². The Morgan fingerprint density at radius 3 is 2.10 bits per heavy atom.